The van der Waals surface area contributed by atoms with Gasteiger partial charge in [0, 0.05) is 6.08 Å². The zero-order chi connectivity index (χ0) is 17.0. The molecular formula is C20H30O2. The summed E-state index contributed by atoms with van der Waals surface area (Å²) >= 11 is 0. The number of benzene rings is 1. The van der Waals surface area contributed by atoms with Gasteiger partial charge in [-0.3, -0.25) is 0 Å². The molecule has 0 heterocycles. The number of hydrogen-bond donors (Lipinski definition) is 0. The Bertz CT molecular complexity index is 498. The molecule has 0 saturated carbocycles. The highest BCUT2D eigenvalue weighted by Crippen LogP contribution is 2.42. The number of carbonyl (C=O) groups excluding carboxylic acids is 1. The molecule has 2 heteroatoms. The molecule has 22 heavy (non-hydrogen) atoms. The van der Waals surface area contributed by atoms with E-state index in [0.717, 1.165) is 12.0 Å². The first-order valence-corrected chi connectivity index (χ1v) is 7.91. The van der Waals surface area contributed by atoms with Gasteiger partial charge in [0.15, 0.2) is 0 Å². The van der Waals surface area contributed by atoms with Crippen LogP contribution < -0.4 is 0 Å². The summed E-state index contributed by atoms with van der Waals surface area (Å²) in [4.78, 5) is 11.1. The van der Waals surface area contributed by atoms with Gasteiger partial charge in [-0.1, -0.05) is 72.4 Å². The molecule has 2 nitrogen and oxygen atoms in total. The van der Waals surface area contributed by atoms with Crippen LogP contribution >= 0.6 is 0 Å². The van der Waals surface area contributed by atoms with Crippen molar-refractivity contribution < 1.29 is 9.53 Å². The first kappa shape index (κ1) is 18.5. The van der Waals surface area contributed by atoms with Crippen LogP contribution in [0, 0.1) is 10.8 Å². The van der Waals surface area contributed by atoms with E-state index in [9.17, 15) is 4.79 Å². The molecule has 0 spiro atoms. The van der Waals surface area contributed by atoms with Crippen molar-refractivity contribution in [2.24, 2.45) is 10.8 Å². The summed E-state index contributed by atoms with van der Waals surface area (Å²) in [5.74, 6) is 0.113. The van der Waals surface area contributed by atoms with Gasteiger partial charge in [0.2, 0.25) is 0 Å². The summed E-state index contributed by atoms with van der Waals surface area (Å²) in [6.45, 7) is 17.4. The lowest BCUT2D eigenvalue weighted by molar-refractivity contribution is -0.138. The monoisotopic (exact) mass is 302 g/mol. The molecule has 0 amide bonds. The lowest BCUT2D eigenvalue weighted by Crippen LogP contribution is -2.23. The van der Waals surface area contributed by atoms with Crippen molar-refractivity contribution in [3.63, 3.8) is 0 Å². The number of hydrogen-bond acceptors (Lipinski definition) is 2. The van der Waals surface area contributed by atoms with Crippen molar-refractivity contribution in [3.8, 4) is 0 Å². The molecule has 0 saturated heterocycles. The van der Waals surface area contributed by atoms with Crippen LogP contribution in [0.15, 0.2) is 36.9 Å². The fourth-order valence-electron chi connectivity index (χ4n) is 2.60. The largest absolute Gasteiger partial charge is 0.458 e. The molecule has 0 N–H and O–H groups in total. The Labute approximate surface area is 135 Å². The fourth-order valence-corrected chi connectivity index (χ4v) is 2.60. The first-order valence-electron chi connectivity index (χ1n) is 7.91. The Morgan fingerprint density at radius 2 is 1.68 bits per heavy atom. The molecule has 0 bridgehead atoms. The van der Waals surface area contributed by atoms with Crippen molar-refractivity contribution >= 4 is 5.97 Å². The van der Waals surface area contributed by atoms with Crippen LogP contribution in [0.4, 0.5) is 0 Å². The zero-order valence-corrected chi connectivity index (χ0v) is 14.9. The summed E-state index contributed by atoms with van der Waals surface area (Å²) in [5.41, 5.74) is 2.85. The molecule has 122 valence electrons. The summed E-state index contributed by atoms with van der Waals surface area (Å²) in [7, 11) is 0. The molecule has 0 aliphatic carbocycles. The molecule has 1 atom stereocenters. The van der Waals surface area contributed by atoms with E-state index in [1.807, 2.05) is 12.1 Å². The molecule has 1 rings (SSSR count). The molecule has 0 aliphatic rings. The number of ether oxygens (including phenoxy) is 1. The maximum atomic E-state index is 11.1. The Balaban J connectivity index is 2.89. The average molecular weight is 302 g/mol. The van der Waals surface area contributed by atoms with Gasteiger partial charge in [0.05, 0.1) is 0 Å². The van der Waals surface area contributed by atoms with Gasteiger partial charge in [0.1, 0.15) is 6.61 Å². The second-order valence-corrected chi connectivity index (χ2v) is 8.24. The third-order valence-corrected chi connectivity index (χ3v) is 3.79. The van der Waals surface area contributed by atoms with E-state index in [1.54, 1.807) is 0 Å². The van der Waals surface area contributed by atoms with Gasteiger partial charge in [-0.15, -0.1) is 0 Å². The highest BCUT2D eigenvalue weighted by molar-refractivity contribution is 5.81. The highest BCUT2D eigenvalue weighted by Gasteiger charge is 2.30. The van der Waals surface area contributed by atoms with Crippen LogP contribution in [0.2, 0.25) is 0 Å². The number of esters is 1. The van der Waals surface area contributed by atoms with Gasteiger partial charge in [0.25, 0.3) is 0 Å². The molecular weight excluding hydrogens is 272 g/mol. The normalized spacial score (nSPS) is 13.5. The third-order valence-electron chi connectivity index (χ3n) is 3.79. The van der Waals surface area contributed by atoms with Crippen molar-refractivity contribution in [2.45, 2.75) is 60.5 Å². The average Bonchev–Trinajstić information content (AvgIpc) is 2.41. The Hall–Kier alpha value is -1.57. The Kier molecular flexibility index (Phi) is 5.99. The van der Waals surface area contributed by atoms with Crippen molar-refractivity contribution in [1.82, 2.24) is 0 Å². The quantitative estimate of drug-likeness (QED) is 0.531. The minimum atomic E-state index is -0.385. The second kappa shape index (κ2) is 7.13. The van der Waals surface area contributed by atoms with Gasteiger partial charge in [-0.25, -0.2) is 4.79 Å². The van der Waals surface area contributed by atoms with E-state index < -0.39 is 0 Å². The van der Waals surface area contributed by atoms with Crippen molar-refractivity contribution in [1.29, 1.82) is 0 Å². The smallest absolute Gasteiger partial charge is 0.330 e. The lowest BCUT2D eigenvalue weighted by Gasteiger charge is -2.36. The Morgan fingerprint density at radius 3 is 2.09 bits per heavy atom. The van der Waals surface area contributed by atoms with E-state index in [2.05, 4.69) is 60.3 Å². The van der Waals surface area contributed by atoms with Crippen LogP contribution in [0.3, 0.4) is 0 Å². The maximum Gasteiger partial charge on any atom is 0.330 e. The standard InChI is InChI=1S/C20H30O2/c1-8-18(21)22-14-15-9-11-16(12-10-15)17(20(5,6)7)13-19(2,3)4/h8-12,17H,1,13-14H2,2-7H3. The Morgan fingerprint density at radius 1 is 1.14 bits per heavy atom. The second-order valence-electron chi connectivity index (χ2n) is 8.24. The van der Waals surface area contributed by atoms with Crippen LogP contribution in [-0.2, 0) is 16.1 Å². The highest BCUT2D eigenvalue weighted by atomic mass is 16.5. The summed E-state index contributed by atoms with van der Waals surface area (Å²) in [5, 5.41) is 0. The first-order chi connectivity index (χ1) is 10.0. The predicted octanol–water partition coefficient (Wildman–Crippen LogP) is 5.48. The van der Waals surface area contributed by atoms with Crippen molar-refractivity contribution in [2.75, 3.05) is 0 Å². The van der Waals surface area contributed by atoms with Crippen LogP contribution in [0.5, 0.6) is 0 Å². The van der Waals surface area contributed by atoms with E-state index >= 15 is 0 Å². The third kappa shape index (κ3) is 6.05. The fraction of sp³-hybridized carbons (Fsp3) is 0.550. The SMILES string of the molecule is C=CC(=O)OCc1ccc(C(CC(C)(C)C)C(C)(C)C)cc1. The minimum absolute atomic E-state index is 0.212. The topological polar surface area (TPSA) is 26.3 Å². The molecule has 0 fully saturated rings. The molecule has 1 unspecified atom stereocenters. The molecule has 1 aromatic carbocycles. The number of rotatable bonds is 5. The molecule has 0 radical (unpaired) electrons. The van der Waals surface area contributed by atoms with Crippen molar-refractivity contribution in [3.05, 3.63) is 48.0 Å². The number of carbonyl (C=O) groups is 1. The van der Waals surface area contributed by atoms with E-state index in [-0.39, 0.29) is 16.8 Å². The molecule has 0 aromatic heterocycles. The van der Waals surface area contributed by atoms with E-state index in [1.165, 1.54) is 11.6 Å². The van der Waals surface area contributed by atoms with Gasteiger partial charge < -0.3 is 4.74 Å². The van der Waals surface area contributed by atoms with E-state index in [4.69, 9.17) is 4.74 Å². The van der Waals surface area contributed by atoms with Gasteiger partial charge >= 0.3 is 5.97 Å². The molecule has 1 aromatic rings. The van der Waals surface area contributed by atoms with Gasteiger partial charge in [-0.05, 0) is 34.3 Å². The van der Waals surface area contributed by atoms with Crippen LogP contribution in [0.1, 0.15) is 65.0 Å². The minimum Gasteiger partial charge on any atom is -0.458 e. The van der Waals surface area contributed by atoms with Gasteiger partial charge in [-0.2, -0.15) is 0 Å². The summed E-state index contributed by atoms with van der Waals surface area (Å²) < 4.78 is 5.07. The van der Waals surface area contributed by atoms with Crippen LogP contribution in [0.25, 0.3) is 0 Å². The maximum absolute atomic E-state index is 11.1. The predicted molar refractivity (Wildman–Crippen MR) is 92.7 cm³/mol. The van der Waals surface area contributed by atoms with E-state index in [0.29, 0.717) is 12.5 Å². The summed E-state index contributed by atoms with van der Waals surface area (Å²) in [6, 6.07) is 8.43. The lowest BCUT2D eigenvalue weighted by atomic mass is 9.69. The molecule has 0 aliphatic heterocycles. The zero-order valence-electron chi connectivity index (χ0n) is 14.9. The summed E-state index contributed by atoms with van der Waals surface area (Å²) in [6.07, 6.45) is 2.33. The van der Waals surface area contributed by atoms with Crippen LogP contribution in [-0.4, -0.2) is 5.97 Å².